The lowest BCUT2D eigenvalue weighted by Gasteiger charge is -2.37. The first-order valence-electron chi connectivity index (χ1n) is 16.9. The van der Waals surface area contributed by atoms with Crippen molar-refractivity contribution in [2.75, 3.05) is 36.0 Å². The van der Waals surface area contributed by atoms with Crippen molar-refractivity contribution in [3.05, 3.63) is 179 Å². The van der Waals surface area contributed by atoms with Crippen LogP contribution in [0, 0.1) is 0 Å². The lowest BCUT2D eigenvalue weighted by atomic mass is 9.90. The van der Waals surface area contributed by atoms with Crippen LogP contribution in [0.25, 0.3) is 21.9 Å². The molecule has 5 heteroatoms. The van der Waals surface area contributed by atoms with Gasteiger partial charge in [0.1, 0.15) is 0 Å². The molecule has 0 atom stereocenters. The maximum atomic E-state index is 14.1. The van der Waals surface area contributed by atoms with Crippen molar-refractivity contribution in [1.82, 2.24) is 4.90 Å². The van der Waals surface area contributed by atoms with Crippen LogP contribution in [0.3, 0.4) is 0 Å². The molecule has 0 unspecified atom stereocenters. The van der Waals surface area contributed by atoms with E-state index in [-0.39, 0.29) is 11.8 Å². The van der Waals surface area contributed by atoms with E-state index in [1.165, 1.54) is 10.5 Å². The summed E-state index contributed by atoms with van der Waals surface area (Å²) in [5.41, 5.74) is 9.61. The van der Waals surface area contributed by atoms with Gasteiger partial charge in [-0.05, 0) is 70.7 Å². The molecule has 1 saturated heterocycles. The lowest BCUT2D eigenvalue weighted by Crippen LogP contribution is -2.46. The second kappa shape index (κ2) is 13.0. The van der Waals surface area contributed by atoms with Crippen molar-refractivity contribution in [3.8, 4) is 0 Å². The first kappa shape index (κ1) is 30.5. The number of benzene rings is 6. The molecule has 5 nitrogen and oxygen atoms in total. The van der Waals surface area contributed by atoms with E-state index in [0.717, 1.165) is 77.0 Å². The zero-order valence-corrected chi connectivity index (χ0v) is 27.6. The van der Waals surface area contributed by atoms with E-state index in [1.54, 1.807) is 0 Å². The average Bonchev–Trinajstić information content (AvgIpc) is 3.16. The summed E-state index contributed by atoms with van der Waals surface area (Å²) in [5.74, 6) is -0.583. The van der Waals surface area contributed by atoms with Gasteiger partial charge in [-0.3, -0.25) is 14.5 Å². The summed E-state index contributed by atoms with van der Waals surface area (Å²) < 4.78 is 0. The van der Waals surface area contributed by atoms with E-state index in [9.17, 15) is 9.59 Å². The van der Waals surface area contributed by atoms with Crippen LogP contribution < -0.4 is 9.80 Å². The zero-order chi connectivity index (χ0) is 33.3. The van der Waals surface area contributed by atoms with Gasteiger partial charge in [0.15, 0.2) is 0 Å². The summed E-state index contributed by atoms with van der Waals surface area (Å²) in [4.78, 5) is 34.5. The van der Waals surface area contributed by atoms with Gasteiger partial charge in [-0.25, -0.2) is 4.90 Å². The van der Waals surface area contributed by atoms with Gasteiger partial charge in [0.05, 0.1) is 5.69 Å². The summed E-state index contributed by atoms with van der Waals surface area (Å²) >= 11 is 0. The number of hydrogen-bond donors (Lipinski definition) is 0. The second-order valence-corrected chi connectivity index (χ2v) is 12.8. The molecule has 0 aliphatic carbocycles. The molecular formula is C44H37N3O2. The van der Waals surface area contributed by atoms with E-state index < -0.39 is 0 Å². The topological polar surface area (TPSA) is 43.9 Å². The highest BCUT2D eigenvalue weighted by atomic mass is 16.2. The van der Waals surface area contributed by atoms with Crippen LogP contribution in [0.2, 0.25) is 0 Å². The van der Waals surface area contributed by atoms with Crippen molar-refractivity contribution in [2.24, 2.45) is 0 Å². The monoisotopic (exact) mass is 639 g/mol. The number of nitrogens with zero attached hydrogens (tertiary/aromatic N) is 3. The Hall–Kier alpha value is -5.78. The Balaban J connectivity index is 1.09. The summed E-state index contributed by atoms with van der Waals surface area (Å²) in [6, 6.07) is 48.9. The standard InChI is InChI=1S/C44H37N3O2/c1-31(33-14-7-3-8-15-33)41(34-16-9-4-10-17-34)35-20-22-36(23-21-35)47-43(48)38-19-11-18-37-40(25-24-39(42(37)38)44(47)49)46-28-26-45(27-29-46)30-32-12-5-2-6-13-32/h2-25H,26-30H2,1H3/b41-31+. The van der Waals surface area contributed by atoms with Crippen LogP contribution in [0.5, 0.6) is 0 Å². The maximum Gasteiger partial charge on any atom is 0.265 e. The Morgan fingerprint density at radius 2 is 1.12 bits per heavy atom. The number of allylic oxidation sites excluding steroid dienone is 1. The molecule has 2 aliphatic rings. The molecular weight excluding hydrogens is 603 g/mol. The SMILES string of the molecule is C/C(=C(/c1ccccc1)c1ccc(N2C(=O)c3cccc4c(N5CCN(Cc6ccccc6)CC5)ccc(c34)C2=O)cc1)c1ccccc1. The quantitative estimate of drug-likeness (QED) is 0.129. The fraction of sp³-hybridized carbons (Fsp3) is 0.136. The molecule has 49 heavy (non-hydrogen) atoms. The van der Waals surface area contributed by atoms with Gasteiger partial charge in [0, 0.05) is 60.3 Å². The van der Waals surface area contributed by atoms with Crippen LogP contribution in [0.15, 0.2) is 146 Å². The first-order valence-corrected chi connectivity index (χ1v) is 16.9. The van der Waals surface area contributed by atoms with Gasteiger partial charge in [-0.2, -0.15) is 0 Å². The number of piperazine rings is 1. The normalized spacial score (nSPS) is 15.4. The van der Waals surface area contributed by atoms with E-state index in [2.05, 4.69) is 77.4 Å². The van der Waals surface area contributed by atoms with Crippen molar-refractivity contribution in [1.29, 1.82) is 0 Å². The molecule has 0 saturated carbocycles. The lowest BCUT2D eigenvalue weighted by molar-refractivity contribution is 0.0893. The van der Waals surface area contributed by atoms with Crippen LogP contribution in [-0.4, -0.2) is 42.9 Å². The maximum absolute atomic E-state index is 14.1. The summed E-state index contributed by atoms with van der Waals surface area (Å²) in [7, 11) is 0. The third kappa shape index (κ3) is 5.73. The van der Waals surface area contributed by atoms with Gasteiger partial charge in [-0.15, -0.1) is 0 Å². The molecule has 6 aromatic carbocycles. The summed E-state index contributed by atoms with van der Waals surface area (Å²) in [6.45, 7) is 6.75. The Morgan fingerprint density at radius 1 is 0.551 bits per heavy atom. The number of amides is 2. The highest BCUT2D eigenvalue weighted by Crippen LogP contribution is 2.39. The van der Waals surface area contributed by atoms with Gasteiger partial charge < -0.3 is 4.90 Å². The van der Waals surface area contributed by atoms with Gasteiger partial charge in [-0.1, -0.05) is 115 Å². The molecule has 6 aromatic rings. The van der Waals surface area contributed by atoms with Gasteiger partial charge >= 0.3 is 0 Å². The Labute approximate surface area is 287 Å². The molecule has 2 heterocycles. The second-order valence-electron chi connectivity index (χ2n) is 12.8. The predicted octanol–water partition coefficient (Wildman–Crippen LogP) is 8.94. The van der Waals surface area contributed by atoms with Crippen molar-refractivity contribution < 1.29 is 9.59 Å². The Morgan fingerprint density at radius 3 is 1.78 bits per heavy atom. The molecule has 8 rings (SSSR count). The molecule has 0 spiro atoms. The van der Waals surface area contributed by atoms with Crippen LogP contribution in [-0.2, 0) is 6.54 Å². The largest absolute Gasteiger partial charge is 0.368 e. The molecule has 1 fully saturated rings. The Bertz CT molecular complexity index is 2160. The number of rotatable bonds is 7. The zero-order valence-electron chi connectivity index (χ0n) is 27.6. The summed E-state index contributed by atoms with van der Waals surface area (Å²) in [5, 5.41) is 1.71. The number of carbonyl (C=O) groups excluding carboxylic acids is 2. The number of carbonyl (C=O) groups is 2. The predicted molar refractivity (Wildman–Crippen MR) is 200 cm³/mol. The van der Waals surface area contributed by atoms with Crippen molar-refractivity contribution >= 4 is 45.1 Å². The molecule has 2 aliphatic heterocycles. The smallest absolute Gasteiger partial charge is 0.265 e. The number of hydrogen-bond acceptors (Lipinski definition) is 4. The minimum Gasteiger partial charge on any atom is -0.368 e. The first-order chi connectivity index (χ1) is 24.1. The Kier molecular flexibility index (Phi) is 8.12. The molecule has 0 radical (unpaired) electrons. The minimum absolute atomic E-state index is 0.292. The fourth-order valence-corrected chi connectivity index (χ4v) is 7.39. The van der Waals surface area contributed by atoms with E-state index >= 15 is 0 Å². The van der Waals surface area contributed by atoms with Crippen LogP contribution in [0.1, 0.15) is 49.9 Å². The molecule has 0 bridgehead atoms. The summed E-state index contributed by atoms with van der Waals surface area (Å²) in [6.07, 6.45) is 0. The van der Waals surface area contributed by atoms with Crippen molar-refractivity contribution in [2.45, 2.75) is 13.5 Å². The number of anilines is 2. The molecule has 0 aromatic heterocycles. The minimum atomic E-state index is -0.292. The highest BCUT2D eigenvalue weighted by molar-refractivity contribution is 6.36. The molecule has 2 amide bonds. The van der Waals surface area contributed by atoms with Gasteiger partial charge in [0.25, 0.3) is 11.8 Å². The van der Waals surface area contributed by atoms with E-state index in [4.69, 9.17) is 0 Å². The average molecular weight is 640 g/mol. The third-order valence-electron chi connectivity index (χ3n) is 9.91. The van der Waals surface area contributed by atoms with Crippen LogP contribution >= 0.6 is 0 Å². The third-order valence-corrected chi connectivity index (χ3v) is 9.91. The number of imide groups is 1. The van der Waals surface area contributed by atoms with Gasteiger partial charge in [0.2, 0.25) is 0 Å². The molecule has 0 N–H and O–H groups in total. The van der Waals surface area contributed by atoms with Crippen LogP contribution in [0.4, 0.5) is 11.4 Å². The van der Waals surface area contributed by atoms with E-state index in [1.807, 2.05) is 84.9 Å². The van der Waals surface area contributed by atoms with Crippen molar-refractivity contribution in [3.63, 3.8) is 0 Å². The molecule has 240 valence electrons. The van der Waals surface area contributed by atoms with E-state index in [0.29, 0.717) is 16.8 Å². The fourth-order valence-electron chi connectivity index (χ4n) is 7.39. The highest BCUT2D eigenvalue weighted by Gasteiger charge is 2.35.